The lowest BCUT2D eigenvalue weighted by atomic mass is 9.99. The van der Waals surface area contributed by atoms with Crippen LogP contribution in [-0.2, 0) is 16.1 Å². The molecule has 0 saturated carbocycles. The minimum absolute atomic E-state index is 0.0951. The van der Waals surface area contributed by atoms with Crippen LogP contribution in [0.3, 0.4) is 0 Å². The summed E-state index contributed by atoms with van der Waals surface area (Å²) in [6, 6.07) is 3.22. The van der Waals surface area contributed by atoms with E-state index in [9.17, 15) is 13.6 Å². The summed E-state index contributed by atoms with van der Waals surface area (Å²) in [5, 5.41) is 3.02. The first-order valence-electron chi connectivity index (χ1n) is 6.24. The Morgan fingerprint density at radius 2 is 2.05 bits per heavy atom. The van der Waals surface area contributed by atoms with E-state index in [-0.39, 0.29) is 18.4 Å². The summed E-state index contributed by atoms with van der Waals surface area (Å²) in [7, 11) is 1.33. The van der Waals surface area contributed by atoms with Crippen molar-refractivity contribution < 1.29 is 18.3 Å². The number of hydrogen-bond acceptors (Lipinski definition) is 3. The summed E-state index contributed by atoms with van der Waals surface area (Å²) in [6.45, 7) is 4.18. The Balaban J connectivity index is 2.70. The van der Waals surface area contributed by atoms with Gasteiger partial charge < -0.3 is 10.1 Å². The smallest absolute Gasteiger partial charge is 0.323 e. The molecule has 1 aromatic carbocycles. The predicted octanol–water partition coefficient (Wildman–Crippen LogP) is 2.64. The molecular weight excluding hydrogens is 252 g/mol. The molecule has 5 heteroatoms. The molecule has 0 aliphatic carbocycles. The Kier molecular flexibility index (Phi) is 5.89. The molecule has 106 valence electrons. The quantitative estimate of drug-likeness (QED) is 0.808. The number of carbonyl (C=O) groups excluding carboxylic acids is 1. The zero-order valence-corrected chi connectivity index (χ0v) is 11.4. The molecule has 2 unspecified atom stereocenters. The molecule has 0 radical (unpaired) electrons. The predicted molar refractivity (Wildman–Crippen MR) is 68.5 cm³/mol. The van der Waals surface area contributed by atoms with Gasteiger partial charge in [-0.15, -0.1) is 0 Å². The highest BCUT2D eigenvalue weighted by atomic mass is 19.2. The first kappa shape index (κ1) is 15.6. The second-order valence-corrected chi connectivity index (χ2v) is 4.52. The van der Waals surface area contributed by atoms with Crippen molar-refractivity contribution in [3.63, 3.8) is 0 Å². The molecule has 3 nitrogen and oxygen atoms in total. The fourth-order valence-electron chi connectivity index (χ4n) is 1.76. The third-order valence-electron chi connectivity index (χ3n) is 3.18. The third-order valence-corrected chi connectivity index (χ3v) is 3.18. The van der Waals surface area contributed by atoms with Crippen LogP contribution >= 0.6 is 0 Å². The van der Waals surface area contributed by atoms with Crippen LogP contribution < -0.4 is 5.32 Å². The molecule has 0 spiro atoms. The summed E-state index contributed by atoms with van der Waals surface area (Å²) in [6.07, 6.45) is 0.810. The lowest BCUT2D eigenvalue weighted by molar-refractivity contribution is -0.144. The second kappa shape index (κ2) is 7.19. The normalized spacial score (nSPS) is 13.9. The number of methoxy groups -OCH3 is 1. The highest BCUT2D eigenvalue weighted by Gasteiger charge is 2.24. The van der Waals surface area contributed by atoms with Crippen LogP contribution in [0.2, 0.25) is 0 Å². The summed E-state index contributed by atoms with van der Waals surface area (Å²) >= 11 is 0. The topological polar surface area (TPSA) is 38.3 Å². The fourth-order valence-corrected chi connectivity index (χ4v) is 1.76. The molecule has 19 heavy (non-hydrogen) atoms. The van der Waals surface area contributed by atoms with Gasteiger partial charge in [0.1, 0.15) is 6.04 Å². The number of carbonyl (C=O) groups is 1. The van der Waals surface area contributed by atoms with Gasteiger partial charge in [0.25, 0.3) is 0 Å². The Hall–Kier alpha value is -1.49. The van der Waals surface area contributed by atoms with E-state index in [0.717, 1.165) is 18.6 Å². The van der Waals surface area contributed by atoms with Gasteiger partial charge in [0.05, 0.1) is 7.11 Å². The third kappa shape index (κ3) is 4.28. The van der Waals surface area contributed by atoms with E-state index < -0.39 is 17.7 Å². The first-order chi connectivity index (χ1) is 8.99. The zero-order chi connectivity index (χ0) is 14.4. The molecule has 0 saturated heterocycles. The number of rotatable bonds is 6. The summed E-state index contributed by atoms with van der Waals surface area (Å²) in [4.78, 5) is 11.6. The lowest BCUT2D eigenvalue weighted by Gasteiger charge is -2.22. The highest BCUT2D eigenvalue weighted by molar-refractivity contribution is 5.75. The molecule has 0 bridgehead atoms. The minimum atomic E-state index is -0.891. The zero-order valence-electron chi connectivity index (χ0n) is 11.4. The van der Waals surface area contributed by atoms with Crippen molar-refractivity contribution in [2.24, 2.45) is 5.92 Å². The molecular formula is C14H19F2NO2. The Bertz CT molecular complexity index is 437. The van der Waals surface area contributed by atoms with Crippen LogP contribution in [0.1, 0.15) is 25.8 Å². The summed E-state index contributed by atoms with van der Waals surface area (Å²) in [5.74, 6) is -2.03. The average molecular weight is 271 g/mol. The summed E-state index contributed by atoms with van der Waals surface area (Å²) < 4.78 is 30.6. The number of hydrogen-bond donors (Lipinski definition) is 1. The van der Waals surface area contributed by atoms with Gasteiger partial charge in [-0.2, -0.15) is 0 Å². The van der Waals surface area contributed by atoms with Gasteiger partial charge in [0, 0.05) is 6.54 Å². The number of halogens is 2. The molecule has 0 heterocycles. The number of nitrogens with one attached hydrogen (secondary N) is 1. The molecule has 1 N–H and O–H groups in total. The first-order valence-corrected chi connectivity index (χ1v) is 6.24. The largest absolute Gasteiger partial charge is 0.468 e. The van der Waals surface area contributed by atoms with E-state index in [1.165, 1.54) is 13.2 Å². The van der Waals surface area contributed by atoms with Crippen LogP contribution in [0.4, 0.5) is 8.78 Å². The number of ether oxygens (including phenoxy) is 1. The van der Waals surface area contributed by atoms with Gasteiger partial charge in [-0.1, -0.05) is 26.3 Å². The van der Waals surface area contributed by atoms with Crippen molar-refractivity contribution in [3.05, 3.63) is 35.4 Å². The van der Waals surface area contributed by atoms with Gasteiger partial charge in [-0.25, -0.2) is 8.78 Å². The SMILES string of the molecule is CCC(C)C(NCc1ccc(F)c(F)c1)C(=O)OC. The fraction of sp³-hybridized carbons (Fsp3) is 0.500. The maximum Gasteiger partial charge on any atom is 0.323 e. The molecule has 1 aromatic rings. The number of esters is 1. The van der Waals surface area contributed by atoms with Gasteiger partial charge >= 0.3 is 5.97 Å². The molecule has 2 atom stereocenters. The van der Waals surface area contributed by atoms with Crippen LogP contribution in [0.5, 0.6) is 0 Å². The molecule has 1 rings (SSSR count). The van der Waals surface area contributed by atoms with E-state index in [4.69, 9.17) is 4.74 Å². The Morgan fingerprint density at radius 3 is 2.58 bits per heavy atom. The van der Waals surface area contributed by atoms with Crippen molar-refractivity contribution in [1.29, 1.82) is 0 Å². The van der Waals surface area contributed by atoms with Gasteiger partial charge in [-0.3, -0.25) is 4.79 Å². The Labute approximate surface area is 112 Å². The van der Waals surface area contributed by atoms with Crippen molar-refractivity contribution in [1.82, 2.24) is 5.32 Å². The molecule has 0 aromatic heterocycles. The minimum Gasteiger partial charge on any atom is -0.468 e. The van der Waals surface area contributed by atoms with E-state index in [0.29, 0.717) is 5.56 Å². The standard InChI is InChI=1S/C14H19F2NO2/c1-4-9(2)13(14(18)19-3)17-8-10-5-6-11(15)12(16)7-10/h5-7,9,13,17H,4,8H2,1-3H3. The second-order valence-electron chi connectivity index (χ2n) is 4.52. The Morgan fingerprint density at radius 1 is 1.37 bits per heavy atom. The van der Waals surface area contributed by atoms with Crippen molar-refractivity contribution >= 4 is 5.97 Å². The monoisotopic (exact) mass is 271 g/mol. The molecule has 0 amide bonds. The number of benzene rings is 1. The van der Waals surface area contributed by atoms with Crippen molar-refractivity contribution in [2.45, 2.75) is 32.9 Å². The van der Waals surface area contributed by atoms with Crippen LogP contribution in [0.25, 0.3) is 0 Å². The molecule has 0 aliphatic heterocycles. The highest BCUT2D eigenvalue weighted by Crippen LogP contribution is 2.12. The van der Waals surface area contributed by atoms with Gasteiger partial charge in [0.15, 0.2) is 11.6 Å². The van der Waals surface area contributed by atoms with Crippen LogP contribution in [-0.4, -0.2) is 19.1 Å². The molecule has 0 fully saturated rings. The maximum atomic E-state index is 13.1. The average Bonchev–Trinajstić information content (AvgIpc) is 2.42. The van der Waals surface area contributed by atoms with Crippen LogP contribution in [0, 0.1) is 17.6 Å². The van der Waals surface area contributed by atoms with E-state index >= 15 is 0 Å². The maximum absolute atomic E-state index is 13.1. The van der Waals surface area contributed by atoms with E-state index in [1.807, 2.05) is 13.8 Å². The van der Waals surface area contributed by atoms with Crippen molar-refractivity contribution in [3.8, 4) is 0 Å². The van der Waals surface area contributed by atoms with Crippen LogP contribution in [0.15, 0.2) is 18.2 Å². The lowest BCUT2D eigenvalue weighted by Crippen LogP contribution is -2.42. The van der Waals surface area contributed by atoms with E-state index in [1.54, 1.807) is 0 Å². The van der Waals surface area contributed by atoms with Gasteiger partial charge in [0.2, 0.25) is 0 Å². The summed E-state index contributed by atoms with van der Waals surface area (Å²) in [5.41, 5.74) is 0.580. The van der Waals surface area contributed by atoms with Crippen molar-refractivity contribution in [2.75, 3.05) is 7.11 Å². The van der Waals surface area contributed by atoms with Gasteiger partial charge in [-0.05, 0) is 23.6 Å². The molecule has 0 aliphatic rings. The van der Waals surface area contributed by atoms with E-state index in [2.05, 4.69) is 5.32 Å².